The first-order valence-corrected chi connectivity index (χ1v) is 10.0. The third-order valence-corrected chi connectivity index (χ3v) is 6.08. The molecule has 22 heavy (non-hydrogen) atoms. The lowest BCUT2D eigenvalue weighted by molar-refractivity contribution is 0.0168. The van der Waals surface area contributed by atoms with Crippen molar-refractivity contribution in [3.63, 3.8) is 0 Å². The van der Waals surface area contributed by atoms with Gasteiger partial charge in [0, 0.05) is 6.61 Å². The smallest absolute Gasteiger partial charge is 0.0575 e. The maximum Gasteiger partial charge on any atom is 0.0575 e. The second-order valence-corrected chi connectivity index (χ2v) is 7.84. The summed E-state index contributed by atoms with van der Waals surface area (Å²) in [5.74, 6) is 3.04. The molecule has 2 fully saturated rings. The fraction of sp³-hybridized carbons (Fsp3) is 0.905. The van der Waals surface area contributed by atoms with Crippen LogP contribution in [0.15, 0.2) is 12.7 Å². The van der Waals surface area contributed by atoms with E-state index in [9.17, 15) is 0 Å². The molecule has 0 aromatic heterocycles. The number of allylic oxidation sites excluding steroid dienone is 1. The SMILES string of the molecule is C=CCC[C@H]1CC[C@H](CC[C@H]2CC[C@H](OCCC)CC2)CC1. The van der Waals surface area contributed by atoms with Crippen molar-refractivity contribution in [3.8, 4) is 0 Å². The maximum absolute atomic E-state index is 5.91. The van der Waals surface area contributed by atoms with Gasteiger partial charge < -0.3 is 4.74 Å². The molecule has 0 spiro atoms. The van der Waals surface area contributed by atoms with Gasteiger partial charge in [0.05, 0.1) is 6.10 Å². The van der Waals surface area contributed by atoms with Crippen LogP contribution in [0.5, 0.6) is 0 Å². The molecule has 0 radical (unpaired) electrons. The van der Waals surface area contributed by atoms with E-state index in [1.54, 1.807) is 0 Å². The van der Waals surface area contributed by atoms with E-state index in [1.165, 1.54) is 77.0 Å². The van der Waals surface area contributed by atoms with Crippen LogP contribution in [0.25, 0.3) is 0 Å². The van der Waals surface area contributed by atoms with Crippen LogP contribution in [-0.4, -0.2) is 12.7 Å². The molecule has 2 rings (SSSR count). The Bertz CT molecular complexity index is 282. The molecule has 0 atom stereocenters. The molecular weight excluding hydrogens is 268 g/mol. The Hall–Kier alpha value is -0.300. The van der Waals surface area contributed by atoms with Crippen LogP contribution >= 0.6 is 0 Å². The van der Waals surface area contributed by atoms with Gasteiger partial charge in [0.25, 0.3) is 0 Å². The second-order valence-electron chi connectivity index (χ2n) is 7.84. The van der Waals surface area contributed by atoms with Crippen molar-refractivity contribution >= 4 is 0 Å². The predicted molar refractivity (Wildman–Crippen MR) is 96.1 cm³/mol. The van der Waals surface area contributed by atoms with Crippen molar-refractivity contribution in [1.29, 1.82) is 0 Å². The van der Waals surface area contributed by atoms with E-state index >= 15 is 0 Å². The van der Waals surface area contributed by atoms with Crippen molar-refractivity contribution < 1.29 is 4.74 Å². The van der Waals surface area contributed by atoms with Gasteiger partial charge in [-0.15, -0.1) is 6.58 Å². The van der Waals surface area contributed by atoms with Gasteiger partial charge in [0.2, 0.25) is 0 Å². The number of hydrogen-bond acceptors (Lipinski definition) is 1. The Kier molecular flexibility index (Phi) is 8.59. The number of ether oxygens (including phenoxy) is 1. The average molecular weight is 307 g/mol. The Morgan fingerprint density at radius 2 is 1.32 bits per heavy atom. The lowest BCUT2D eigenvalue weighted by Gasteiger charge is -2.32. The number of hydrogen-bond donors (Lipinski definition) is 0. The summed E-state index contributed by atoms with van der Waals surface area (Å²) in [6.07, 6.45) is 20.9. The standard InChI is InChI=1S/C21H38O/c1-3-5-6-18-7-9-19(10-8-18)11-12-20-13-15-21(16-14-20)22-17-4-2/h3,18-21H,1,4-17H2,2H3/t18-,19-,20-,21-. The zero-order valence-corrected chi connectivity index (χ0v) is 14.9. The molecule has 0 aromatic carbocycles. The zero-order valence-electron chi connectivity index (χ0n) is 14.9. The Balaban J connectivity index is 1.53. The van der Waals surface area contributed by atoms with E-state index in [-0.39, 0.29) is 0 Å². The molecule has 0 amide bonds. The largest absolute Gasteiger partial charge is 0.378 e. The minimum atomic E-state index is 0.580. The summed E-state index contributed by atoms with van der Waals surface area (Å²) in [4.78, 5) is 0. The quantitative estimate of drug-likeness (QED) is 0.440. The normalized spacial score (nSPS) is 32.8. The van der Waals surface area contributed by atoms with Crippen LogP contribution in [0.1, 0.15) is 90.4 Å². The van der Waals surface area contributed by atoms with Crippen LogP contribution in [0.2, 0.25) is 0 Å². The minimum absolute atomic E-state index is 0.580. The second kappa shape index (κ2) is 10.5. The van der Waals surface area contributed by atoms with Crippen LogP contribution in [0, 0.1) is 17.8 Å². The summed E-state index contributed by atoms with van der Waals surface area (Å²) in [5, 5.41) is 0. The third-order valence-electron chi connectivity index (χ3n) is 6.08. The Labute approximate surface area is 138 Å². The molecular formula is C21H38O. The van der Waals surface area contributed by atoms with Crippen molar-refractivity contribution in [1.82, 2.24) is 0 Å². The van der Waals surface area contributed by atoms with E-state index in [4.69, 9.17) is 4.74 Å². The van der Waals surface area contributed by atoms with Crippen molar-refractivity contribution in [2.45, 2.75) is 96.5 Å². The van der Waals surface area contributed by atoms with Crippen LogP contribution in [-0.2, 0) is 4.74 Å². The first kappa shape index (κ1) is 18.0. The summed E-state index contributed by atoms with van der Waals surface area (Å²) in [7, 11) is 0. The van der Waals surface area contributed by atoms with E-state index in [2.05, 4.69) is 19.6 Å². The molecule has 2 aliphatic carbocycles. The monoisotopic (exact) mass is 306 g/mol. The highest BCUT2D eigenvalue weighted by atomic mass is 16.5. The first-order chi connectivity index (χ1) is 10.8. The highest BCUT2D eigenvalue weighted by Gasteiger charge is 2.24. The number of rotatable bonds is 9. The van der Waals surface area contributed by atoms with Crippen molar-refractivity contribution in [2.24, 2.45) is 17.8 Å². The third kappa shape index (κ3) is 6.44. The molecule has 2 saturated carbocycles. The molecule has 0 aliphatic heterocycles. The van der Waals surface area contributed by atoms with Crippen LogP contribution < -0.4 is 0 Å². The predicted octanol–water partition coefficient (Wildman–Crippen LogP) is 6.52. The molecule has 0 saturated heterocycles. The Morgan fingerprint density at radius 3 is 1.82 bits per heavy atom. The fourth-order valence-electron chi connectivity index (χ4n) is 4.51. The molecule has 0 aromatic rings. The molecule has 1 nitrogen and oxygen atoms in total. The van der Waals surface area contributed by atoms with Crippen LogP contribution in [0.4, 0.5) is 0 Å². The van der Waals surface area contributed by atoms with Gasteiger partial charge in [0.15, 0.2) is 0 Å². The maximum atomic E-state index is 5.91. The molecule has 1 heteroatoms. The van der Waals surface area contributed by atoms with E-state index < -0.39 is 0 Å². The summed E-state index contributed by atoms with van der Waals surface area (Å²) >= 11 is 0. The lowest BCUT2D eigenvalue weighted by atomic mass is 9.76. The van der Waals surface area contributed by atoms with Crippen molar-refractivity contribution in [2.75, 3.05) is 6.61 Å². The van der Waals surface area contributed by atoms with Gasteiger partial charge in [-0.2, -0.15) is 0 Å². The van der Waals surface area contributed by atoms with Gasteiger partial charge >= 0.3 is 0 Å². The lowest BCUT2D eigenvalue weighted by Crippen LogP contribution is -2.23. The van der Waals surface area contributed by atoms with Crippen molar-refractivity contribution in [3.05, 3.63) is 12.7 Å². The summed E-state index contributed by atoms with van der Waals surface area (Å²) in [5.41, 5.74) is 0. The minimum Gasteiger partial charge on any atom is -0.378 e. The zero-order chi connectivity index (χ0) is 15.6. The van der Waals surface area contributed by atoms with E-state index in [0.29, 0.717) is 6.10 Å². The fourth-order valence-corrected chi connectivity index (χ4v) is 4.51. The summed E-state index contributed by atoms with van der Waals surface area (Å²) in [6.45, 7) is 7.02. The molecule has 0 N–H and O–H groups in total. The van der Waals surface area contributed by atoms with E-state index in [1.807, 2.05) is 0 Å². The topological polar surface area (TPSA) is 9.23 Å². The first-order valence-electron chi connectivity index (χ1n) is 10.0. The highest BCUT2D eigenvalue weighted by molar-refractivity contribution is 4.78. The van der Waals surface area contributed by atoms with Gasteiger partial charge in [-0.05, 0) is 62.7 Å². The van der Waals surface area contributed by atoms with Gasteiger partial charge in [-0.25, -0.2) is 0 Å². The highest BCUT2D eigenvalue weighted by Crippen LogP contribution is 2.37. The molecule has 2 aliphatic rings. The summed E-state index contributed by atoms with van der Waals surface area (Å²) in [6, 6.07) is 0. The Morgan fingerprint density at radius 1 is 0.818 bits per heavy atom. The van der Waals surface area contributed by atoms with Crippen LogP contribution in [0.3, 0.4) is 0 Å². The summed E-state index contributed by atoms with van der Waals surface area (Å²) < 4.78 is 5.91. The van der Waals surface area contributed by atoms with E-state index in [0.717, 1.165) is 30.8 Å². The molecule has 128 valence electrons. The molecule has 0 bridgehead atoms. The van der Waals surface area contributed by atoms with Gasteiger partial charge in [-0.3, -0.25) is 0 Å². The van der Waals surface area contributed by atoms with Gasteiger partial charge in [0.1, 0.15) is 0 Å². The average Bonchev–Trinajstić information content (AvgIpc) is 2.58. The van der Waals surface area contributed by atoms with Gasteiger partial charge in [-0.1, -0.05) is 51.5 Å². The molecule has 0 unspecified atom stereocenters. The molecule has 0 heterocycles.